The summed E-state index contributed by atoms with van der Waals surface area (Å²) in [5.41, 5.74) is 2.39. The maximum Gasteiger partial charge on any atom is 0.225 e. The number of halogens is 1. The number of rotatable bonds is 5. The van der Waals surface area contributed by atoms with E-state index in [1.807, 2.05) is 42.3 Å². The first-order valence-electron chi connectivity index (χ1n) is 12.1. The smallest absolute Gasteiger partial charge is 0.225 e. The molecule has 1 aliphatic heterocycles. The van der Waals surface area contributed by atoms with E-state index in [1.165, 1.54) is 0 Å². The molecule has 2 unspecified atom stereocenters. The fourth-order valence-electron chi connectivity index (χ4n) is 4.70. The average molecular weight is 516 g/mol. The second-order valence-corrected chi connectivity index (χ2v) is 10.1. The van der Waals surface area contributed by atoms with Crippen molar-refractivity contribution in [2.75, 3.05) is 36.0 Å². The van der Waals surface area contributed by atoms with Crippen LogP contribution in [0.5, 0.6) is 0 Å². The van der Waals surface area contributed by atoms with Gasteiger partial charge in [0.2, 0.25) is 5.95 Å². The number of aromatic nitrogens is 7. The highest BCUT2D eigenvalue weighted by atomic mass is 31.0. The minimum atomic E-state index is -1.67. The maximum absolute atomic E-state index is 15.6. The van der Waals surface area contributed by atoms with E-state index in [1.54, 1.807) is 42.5 Å². The summed E-state index contributed by atoms with van der Waals surface area (Å²) >= 11 is 0. The lowest BCUT2D eigenvalue weighted by atomic mass is 9.92. The van der Waals surface area contributed by atoms with Crippen LogP contribution >= 0.6 is 9.24 Å². The fourth-order valence-corrected chi connectivity index (χ4v) is 4.89. The third kappa shape index (κ3) is 4.42. The molecule has 1 aliphatic rings. The third-order valence-electron chi connectivity index (χ3n) is 6.92. The van der Waals surface area contributed by atoms with Crippen molar-refractivity contribution in [3.05, 3.63) is 78.8 Å². The molecular formula is C26H27FN9P. The van der Waals surface area contributed by atoms with Gasteiger partial charge < -0.3 is 9.80 Å². The number of hydrogen-bond acceptors (Lipinski definition) is 7. The molecule has 1 saturated heterocycles. The second-order valence-electron chi connectivity index (χ2n) is 9.42. The summed E-state index contributed by atoms with van der Waals surface area (Å²) in [6.07, 6.45) is 10.6. The lowest BCUT2D eigenvalue weighted by Crippen LogP contribution is -2.47. The minimum Gasteiger partial charge on any atom is -0.351 e. The summed E-state index contributed by atoms with van der Waals surface area (Å²) in [7, 11) is 4.52. The topological polar surface area (TPSA) is 80.3 Å². The van der Waals surface area contributed by atoms with Crippen LogP contribution < -0.4 is 15.1 Å². The number of nitrogens with zero attached hydrogens (tertiary/aromatic N) is 9. The summed E-state index contributed by atoms with van der Waals surface area (Å²) in [5, 5.41) is 9.68. The Kier molecular flexibility index (Phi) is 5.83. The number of anilines is 2. The Hall–Kier alpha value is -3.91. The van der Waals surface area contributed by atoms with Crippen molar-refractivity contribution >= 4 is 31.8 Å². The Labute approximate surface area is 216 Å². The highest BCUT2D eigenvalue weighted by Crippen LogP contribution is 2.33. The van der Waals surface area contributed by atoms with Gasteiger partial charge in [0.25, 0.3) is 0 Å². The molecule has 188 valence electrons. The standard InChI is InChI=1S/C26H27FN9P/c1-26(27,20-3-5-22(37)6-4-20)21-13-28-25(29-14-21)35-9-7-34(8-10-35)24-23-11-18(16-36(23)32-17-30-24)19-12-31-33(2)15-19/h3-6,11-17H,7-10,37H2,1-2H3. The molecule has 1 aromatic carbocycles. The van der Waals surface area contributed by atoms with Crippen molar-refractivity contribution in [1.29, 1.82) is 0 Å². The van der Waals surface area contributed by atoms with E-state index >= 15 is 4.39 Å². The van der Waals surface area contributed by atoms with Gasteiger partial charge in [0.1, 0.15) is 11.8 Å². The molecule has 6 rings (SSSR count). The van der Waals surface area contributed by atoms with Gasteiger partial charge in [0.05, 0.1) is 6.20 Å². The van der Waals surface area contributed by atoms with E-state index in [0.717, 1.165) is 53.9 Å². The Morgan fingerprint density at radius 3 is 2.22 bits per heavy atom. The molecule has 5 heterocycles. The van der Waals surface area contributed by atoms with Gasteiger partial charge in [-0.15, -0.1) is 9.24 Å². The predicted octanol–water partition coefficient (Wildman–Crippen LogP) is 2.98. The first kappa shape index (κ1) is 23.5. The van der Waals surface area contributed by atoms with E-state index in [0.29, 0.717) is 17.1 Å². The van der Waals surface area contributed by atoms with Crippen LogP contribution in [0.3, 0.4) is 0 Å². The largest absolute Gasteiger partial charge is 0.351 e. The summed E-state index contributed by atoms with van der Waals surface area (Å²) in [5.74, 6) is 1.50. The van der Waals surface area contributed by atoms with Gasteiger partial charge in [-0.2, -0.15) is 10.2 Å². The highest BCUT2D eigenvalue weighted by molar-refractivity contribution is 7.27. The van der Waals surface area contributed by atoms with Gasteiger partial charge in [-0.1, -0.05) is 24.3 Å². The highest BCUT2D eigenvalue weighted by Gasteiger charge is 2.30. The maximum atomic E-state index is 15.6. The van der Waals surface area contributed by atoms with Crippen molar-refractivity contribution < 1.29 is 4.39 Å². The molecule has 9 nitrogen and oxygen atoms in total. The molecule has 0 spiro atoms. The number of benzene rings is 1. The van der Waals surface area contributed by atoms with Gasteiger partial charge >= 0.3 is 0 Å². The van der Waals surface area contributed by atoms with Gasteiger partial charge in [-0.3, -0.25) is 4.68 Å². The fraction of sp³-hybridized carbons (Fsp3) is 0.269. The summed E-state index contributed by atoms with van der Waals surface area (Å²) in [6.45, 7) is 4.52. The minimum absolute atomic E-state index is 0.437. The first-order valence-corrected chi connectivity index (χ1v) is 12.7. The van der Waals surface area contributed by atoms with Crippen LogP contribution in [0.1, 0.15) is 18.1 Å². The molecule has 0 amide bonds. The quantitative estimate of drug-likeness (QED) is 0.333. The summed E-state index contributed by atoms with van der Waals surface area (Å²) in [6, 6.07) is 9.45. The molecule has 5 aromatic rings. The van der Waals surface area contributed by atoms with Crippen molar-refractivity contribution in [2.24, 2.45) is 7.05 Å². The zero-order chi connectivity index (χ0) is 25.6. The molecule has 4 aromatic heterocycles. The second kappa shape index (κ2) is 9.19. The molecule has 0 aliphatic carbocycles. The van der Waals surface area contributed by atoms with Crippen LogP contribution in [-0.2, 0) is 12.7 Å². The van der Waals surface area contributed by atoms with Crippen LogP contribution in [0.15, 0.2) is 67.6 Å². The predicted molar refractivity (Wildman–Crippen MR) is 145 cm³/mol. The van der Waals surface area contributed by atoms with Crippen molar-refractivity contribution in [1.82, 2.24) is 34.3 Å². The molecule has 0 bridgehead atoms. The SMILES string of the molecule is Cn1cc(-c2cc3c(N4CCN(c5ncc(C(C)(F)c6ccc(P)cc6)cn5)CC4)ncnn3c2)cn1. The monoisotopic (exact) mass is 515 g/mol. The lowest BCUT2D eigenvalue weighted by molar-refractivity contribution is 0.250. The van der Waals surface area contributed by atoms with E-state index in [4.69, 9.17) is 0 Å². The Morgan fingerprint density at radius 2 is 1.54 bits per heavy atom. The number of fused-ring (bicyclic) bond motifs is 1. The molecular weight excluding hydrogens is 488 g/mol. The van der Waals surface area contributed by atoms with E-state index in [9.17, 15) is 0 Å². The third-order valence-corrected chi connectivity index (χ3v) is 7.30. The Bertz CT molecular complexity index is 1530. The molecule has 0 N–H and O–H groups in total. The van der Waals surface area contributed by atoms with Crippen molar-refractivity contribution in [2.45, 2.75) is 12.6 Å². The zero-order valence-corrected chi connectivity index (χ0v) is 21.8. The Morgan fingerprint density at radius 1 is 0.838 bits per heavy atom. The number of alkyl halides is 1. The van der Waals surface area contributed by atoms with Crippen LogP contribution in [-0.4, -0.2) is 60.5 Å². The molecule has 2 atom stereocenters. The molecule has 1 fully saturated rings. The van der Waals surface area contributed by atoms with Gasteiger partial charge in [0.15, 0.2) is 11.5 Å². The molecule has 11 heteroatoms. The number of piperazine rings is 1. The van der Waals surface area contributed by atoms with Crippen LogP contribution in [0, 0.1) is 0 Å². The first-order chi connectivity index (χ1) is 17.9. The van der Waals surface area contributed by atoms with Crippen molar-refractivity contribution in [3.8, 4) is 11.1 Å². The molecule has 0 saturated carbocycles. The summed E-state index contributed by atoms with van der Waals surface area (Å²) < 4.78 is 19.3. The van der Waals surface area contributed by atoms with Gasteiger partial charge in [0, 0.05) is 74.7 Å². The lowest BCUT2D eigenvalue weighted by Gasteiger charge is -2.35. The van der Waals surface area contributed by atoms with E-state index in [2.05, 4.69) is 50.3 Å². The average Bonchev–Trinajstić information content (AvgIpc) is 3.55. The van der Waals surface area contributed by atoms with Gasteiger partial charge in [-0.05, 0) is 23.9 Å². The Balaban J connectivity index is 1.17. The normalized spacial score (nSPS) is 15.8. The van der Waals surface area contributed by atoms with Crippen LogP contribution in [0.25, 0.3) is 16.6 Å². The van der Waals surface area contributed by atoms with E-state index in [-0.39, 0.29) is 0 Å². The van der Waals surface area contributed by atoms with Gasteiger partial charge in [-0.25, -0.2) is 23.9 Å². The molecule has 37 heavy (non-hydrogen) atoms. The molecule has 0 radical (unpaired) electrons. The number of aryl methyl sites for hydroxylation is 1. The van der Waals surface area contributed by atoms with Crippen LogP contribution in [0.4, 0.5) is 16.2 Å². The van der Waals surface area contributed by atoms with Crippen LogP contribution in [0.2, 0.25) is 0 Å². The zero-order valence-electron chi connectivity index (χ0n) is 20.7. The van der Waals surface area contributed by atoms with E-state index < -0.39 is 5.67 Å². The summed E-state index contributed by atoms with van der Waals surface area (Å²) in [4.78, 5) is 18.0. The van der Waals surface area contributed by atoms with Crippen molar-refractivity contribution in [3.63, 3.8) is 0 Å². The number of hydrogen-bond donors (Lipinski definition) is 0.